The van der Waals surface area contributed by atoms with E-state index in [9.17, 15) is 4.79 Å². The standard InChI is InChI=1S/C11H23N3O/c1-9(2)13-11(15)8-14(3)7-10-5-4-6-12-10/h9-10,12H,4-8H2,1-3H3,(H,13,15)/t10-/m0/s1. The van der Waals surface area contributed by atoms with Gasteiger partial charge in [0.05, 0.1) is 6.54 Å². The average molecular weight is 213 g/mol. The minimum atomic E-state index is 0.116. The number of rotatable bonds is 5. The molecule has 88 valence electrons. The Labute approximate surface area is 92.4 Å². The van der Waals surface area contributed by atoms with Crippen molar-refractivity contribution in [3.63, 3.8) is 0 Å². The minimum Gasteiger partial charge on any atom is -0.353 e. The van der Waals surface area contributed by atoms with Crippen molar-refractivity contribution in [2.45, 2.75) is 38.8 Å². The number of carbonyl (C=O) groups is 1. The summed E-state index contributed by atoms with van der Waals surface area (Å²) < 4.78 is 0. The number of nitrogens with zero attached hydrogens (tertiary/aromatic N) is 1. The zero-order chi connectivity index (χ0) is 11.3. The number of carbonyl (C=O) groups excluding carboxylic acids is 1. The second kappa shape index (κ2) is 6.08. The third kappa shape index (κ3) is 5.14. The van der Waals surface area contributed by atoms with E-state index in [4.69, 9.17) is 0 Å². The van der Waals surface area contributed by atoms with E-state index in [2.05, 4.69) is 15.5 Å². The van der Waals surface area contributed by atoms with E-state index in [1.54, 1.807) is 0 Å². The summed E-state index contributed by atoms with van der Waals surface area (Å²) in [5.41, 5.74) is 0. The number of hydrogen-bond acceptors (Lipinski definition) is 3. The first-order valence-corrected chi connectivity index (χ1v) is 5.79. The lowest BCUT2D eigenvalue weighted by Crippen LogP contribution is -2.42. The molecule has 15 heavy (non-hydrogen) atoms. The summed E-state index contributed by atoms with van der Waals surface area (Å²) >= 11 is 0. The highest BCUT2D eigenvalue weighted by molar-refractivity contribution is 5.78. The molecule has 0 radical (unpaired) electrons. The van der Waals surface area contributed by atoms with Crippen molar-refractivity contribution in [1.82, 2.24) is 15.5 Å². The average Bonchev–Trinajstić information content (AvgIpc) is 2.53. The lowest BCUT2D eigenvalue weighted by atomic mass is 10.2. The van der Waals surface area contributed by atoms with E-state index in [1.165, 1.54) is 12.8 Å². The molecule has 4 heteroatoms. The molecule has 1 amide bonds. The molecular weight excluding hydrogens is 190 g/mol. The second-order valence-corrected chi connectivity index (χ2v) is 4.71. The van der Waals surface area contributed by atoms with Gasteiger partial charge in [-0.05, 0) is 40.3 Å². The van der Waals surface area contributed by atoms with Gasteiger partial charge in [0.15, 0.2) is 0 Å². The summed E-state index contributed by atoms with van der Waals surface area (Å²) in [5, 5.41) is 6.33. The van der Waals surface area contributed by atoms with Gasteiger partial charge in [-0.25, -0.2) is 0 Å². The van der Waals surface area contributed by atoms with E-state index >= 15 is 0 Å². The van der Waals surface area contributed by atoms with Gasteiger partial charge in [-0.15, -0.1) is 0 Å². The topological polar surface area (TPSA) is 44.4 Å². The molecule has 0 unspecified atom stereocenters. The molecule has 0 aliphatic carbocycles. The number of likely N-dealkylation sites (N-methyl/N-ethyl adjacent to an activating group) is 1. The molecule has 0 aromatic heterocycles. The highest BCUT2D eigenvalue weighted by atomic mass is 16.2. The molecule has 1 heterocycles. The minimum absolute atomic E-state index is 0.116. The van der Waals surface area contributed by atoms with Crippen LogP contribution in [0.3, 0.4) is 0 Å². The van der Waals surface area contributed by atoms with Gasteiger partial charge in [0.2, 0.25) is 5.91 Å². The van der Waals surface area contributed by atoms with Crippen LogP contribution in [-0.4, -0.2) is 49.6 Å². The van der Waals surface area contributed by atoms with Crippen molar-refractivity contribution in [2.75, 3.05) is 26.7 Å². The van der Waals surface area contributed by atoms with Crippen LogP contribution in [0.25, 0.3) is 0 Å². The monoisotopic (exact) mass is 213 g/mol. The van der Waals surface area contributed by atoms with Crippen LogP contribution in [0, 0.1) is 0 Å². The van der Waals surface area contributed by atoms with E-state index in [-0.39, 0.29) is 11.9 Å². The summed E-state index contributed by atoms with van der Waals surface area (Å²) in [4.78, 5) is 13.5. The van der Waals surface area contributed by atoms with Gasteiger partial charge in [-0.2, -0.15) is 0 Å². The van der Waals surface area contributed by atoms with Gasteiger partial charge < -0.3 is 10.6 Å². The van der Waals surface area contributed by atoms with Crippen LogP contribution >= 0.6 is 0 Å². The normalized spacial score (nSPS) is 21.3. The van der Waals surface area contributed by atoms with Crippen molar-refractivity contribution in [3.8, 4) is 0 Å². The molecule has 0 aromatic rings. The zero-order valence-corrected chi connectivity index (χ0v) is 10.0. The maximum atomic E-state index is 11.5. The molecule has 1 atom stereocenters. The molecule has 1 rings (SSSR count). The molecule has 1 saturated heterocycles. The lowest BCUT2D eigenvalue weighted by Gasteiger charge is -2.21. The van der Waals surface area contributed by atoms with Crippen molar-refractivity contribution in [1.29, 1.82) is 0 Å². The van der Waals surface area contributed by atoms with E-state index in [0.29, 0.717) is 12.6 Å². The van der Waals surface area contributed by atoms with E-state index in [0.717, 1.165) is 13.1 Å². The first kappa shape index (κ1) is 12.5. The van der Waals surface area contributed by atoms with Crippen molar-refractivity contribution < 1.29 is 4.79 Å². The first-order valence-electron chi connectivity index (χ1n) is 5.79. The number of nitrogens with one attached hydrogen (secondary N) is 2. The zero-order valence-electron chi connectivity index (χ0n) is 10.0. The van der Waals surface area contributed by atoms with Crippen molar-refractivity contribution >= 4 is 5.91 Å². The van der Waals surface area contributed by atoms with Crippen LogP contribution in [0.4, 0.5) is 0 Å². The van der Waals surface area contributed by atoms with Crippen LogP contribution < -0.4 is 10.6 Å². The predicted molar refractivity (Wildman–Crippen MR) is 61.8 cm³/mol. The molecule has 1 fully saturated rings. The third-order valence-electron chi connectivity index (χ3n) is 2.56. The largest absolute Gasteiger partial charge is 0.353 e. The van der Waals surface area contributed by atoms with Crippen LogP contribution in [-0.2, 0) is 4.79 Å². The molecule has 0 bridgehead atoms. The summed E-state index contributed by atoms with van der Waals surface area (Å²) in [7, 11) is 2.00. The van der Waals surface area contributed by atoms with Gasteiger partial charge in [0.1, 0.15) is 0 Å². The molecule has 1 aliphatic rings. The van der Waals surface area contributed by atoms with Gasteiger partial charge in [0.25, 0.3) is 0 Å². The van der Waals surface area contributed by atoms with Crippen molar-refractivity contribution in [2.24, 2.45) is 0 Å². The molecule has 4 nitrogen and oxygen atoms in total. The number of hydrogen-bond donors (Lipinski definition) is 2. The summed E-state index contributed by atoms with van der Waals surface area (Å²) in [6, 6.07) is 0.803. The lowest BCUT2D eigenvalue weighted by molar-refractivity contribution is -0.122. The smallest absolute Gasteiger partial charge is 0.234 e. The van der Waals surface area contributed by atoms with Crippen molar-refractivity contribution in [3.05, 3.63) is 0 Å². The first-order chi connectivity index (χ1) is 7.08. The second-order valence-electron chi connectivity index (χ2n) is 4.71. The molecule has 0 saturated carbocycles. The van der Waals surface area contributed by atoms with E-state index < -0.39 is 0 Å². The number of amides is 1. The van der Waals surface area contributed by atoms with Gasteiger partial charge in [-0.3, -0.25) is 9.69 Å². The molecule has 0 aromatic carbocycles. The molecular formula is C11H23N3O. The molecule has 1 aliphatic heterocycles. The summed E-state index contributed by atoms with van der Waals surface area (Å²) in [6.45, 7) is 6.55. The van der Waals surface area contributed by atoms with Crippen LogP contribution in [0.2, 0.25) is 0 Å². The maximum absolute atomic E-state index is 11.5. The van der Waals surface area contributed by atoms with Crippen LogP contribution in [0.5, 0.6) is 0 Å². The molecule has 0 spiro atoms. The Balaban J connectivity index is 2.16. The molecule has 2 N–H and O–H groups in total. The van der Waals surface area contributed by atoms with Gasteiger partial charge in [-0.1, -0.05) is 0 Å². The van der Waals surface area contributed by atoms with Gasteiger partial charge >= 0.3 is 0 Å². The Morgan fingerprint density at radius 1 is 1.60 bits per heavy atom. The van der Waals surface area contributed by atoms with Crippen LogP contribution in [0.15, 0.2) is 0 Å². The SMILES string of the molecule is CC(C)NC(=O)CN(C)C[C@@H]1CCCN1. The summed E-state index contributed by atoms with van der Waals surface area (Å²) in [5.74, 6) is 0.116. The Morgan fingerprint density at radius 2 is 2.33 bits per heavy atom. The Bertz CT molecular complexity index is 200. The van der Waals surface area contributed by atoms with Gasteiger partial charge in [0, 0.05) is 18.6 Å². The Kier molecular flexibility index (Phi) is 5.05. The fraction of sp³-hybridized carbons (Fsp3) is 0.909. The fourth-order valence-electron chi connectivity index (χ4n) is 1.97. The highest BCUT2D eigenvalue weighted by Crippen LogP contribution is 2.05. The van der Waals surface area contributed by atoms with Crippen LogP contribution in [0.1, 0.15) is 26.7 Å². The predicted octanol–water partition coefficient (Wildman–Crippen LogP) is 0.195. The Morgan fingerprint density at radius 3 is 2.87 bits per heavy atom. The van der Waals surface area contributed by atoms with E-state index in [1.807, 2.05) is 20.9 Å². The third-order valence-corrected chi connectivity index (χ3v) is 2.56. The maximum Gasteiger partial charge on any atom is 0.234 e. The highest BCUT2D eigenvalue weighted by Gasteiger charge is 2.17. The Hall–Kier alpha value is -0.610. The summed E-state index contributed by atoms with van der Waals surface area (Å²) in [6.07, 6.45) is 2.49. The quantitative estimate of drug-likeness (QED) is 0.685. The fourth-order valence-corrected chi connectivity index (χ4v) is 1.97.